The topological polar surface area (TPSA) is 72.5 Å². The highest BCUT2D eigenvalue weighted by molar-refractivity contribution is 14.1. The molecule has 0 saturated heterocycles. The molecule has 1 spiro atoms. The zero-order valence-corrected chi connectivity index (χ0v) is 17.6. The molecule has 0 atom stereocenters. The van der Waals surface area contributed by atoms with E-state index in [2.05, 4.69) is 27.9 Å². The lowest BCUT2D eigenvalue weighted by Gasteiger charge is -2.34. The second kappa shape index (κ2) is 6.57. The Balaban J connectivity index is 2.26. The molecule has 1 fully saturated rings. The third-order valence-corrected chi connectivity index (χ3v) is 6.02. The van der Waals surface area contributed by atoms with Crippen LogP contribution in [0.1, 0.15) is 48.8 Å². The molecule has 1 N–H and O–H groups in total. The van der Waals surface area contributed by atoms with Crippen molar-refractivity contribution in [2.24, 2.45) is 0 Å². The van der Waals surface area contributed by atoms with Crippen LogP contribution in [0.3, 0.4) is 0 Å². The molecular weight excluding hydrogens is 453 g/mol. The number of nitrogens with one attached hydrogen (secondary N) is 1. The van der Waals surface area contributed by atoms with Crippen molar-refractivity contribution in [2.45, 2.75) is 51.5 Å². The van der Waals surface area contributed by atoms with E-state index < -0.39 is 15.7 Å². The Morgan fingerprint density at radius 3 is 2.20 bits per heavy atom. The van der Waals surface area contributed by atoms with Crippen LogP contribution in [0.25, 0.3) is 5.57 Å². The number of hydrogen-bond donors (Lipinski definition) is 1. The monoisotopic (exact) mass is 475 g/mol. The number of hydrogen-bond acceptors (Lipinski definition) is 4. The predicted octanol–water partition coefficient (Wildman–Crippen LogP) is 3.43. The van der Waals surface area contributed by atoms with Gasteiger partial charge in [0.2, 0.25) is 0 Å². The van der Waals surface area contributed by atoms with Gasteiger partial charge in [0.15, 0.2) is 5.76 Å². The molecular formula is C18H22INO4S. The highest BCUT2D eigenvalue weighted by atomic mass is 127. The van der Waals surface area contributed by atoms with Gasteiger partial charge in [-0.2, -0.15) is 8.42 Å². The van der Waals surface area contributed by atoms with Gasteiger partial charge in [0.05, 0.1) is 11.8 Å². The first-order valence-corrected chi connectivity index (χ1v) is 11.3. The summed E-state index contributed by atoms with van der Waals surface area (Å²) in [6.07, 6.45) is 5.40. The van der Waals surface area contributed by atoms with Gasteiger partial charge in [-0.1, -0.05) is 19.3 Å². The van der Waals surface area contributed by atoms with E-state index in [1.165, 1.54) is 0 Å². The summed E-state index contributed by atoms with van der Waals surface area (Å²) in [6.45, 7) is 3.88. The van der Waals surface area contributed by atoms with E-state index in [-0.39, 0.29) is 11.7 Å². The molecule has 3 rings (SSSR count). The van der Waals surface area contributed by atoms with Crippen molar-refractivity contribution in [1.82, 2.24) is 5.32 Å². The highest BCUT2D eigenvalue weighted by Crippen LogP contribution is 2.44. The molecule has 0 radical (unpaired) electrons. The van der Waals surface area contributed by atoms with Crippen LogP contribution in [0.15, 0.2) is 17.9 Å². The SMILES string of the molecule is Cc1cc(I)cc(C)c1C1=C(OS(C)(=O)=O)C2(CCCCC2)NC1=O. The lowest BCUT2D eigenvalue weighted by molar-refractivity contribution is -0.116. The fourth-order valence-electron chi connectivity index (χ4n) is 3.99. The van der Waals surface area contributed by atoms with Crippen molar-refractivity contribution >= 4 is 44.2 Å². The van der Waals surface area contributed by atoms with Crippen molar-refractivity contribution in [3.05, 3.63) is 38.2 Å². The minimum atomic E-state index is -3.73. The van der Waals surface area contributed by atoms with E-state index in [1.807, 2.05) is 26.0 Å². The molecule has 1 aliphatic carbocycles. The molecule has 1 amide bonds. The number of carbonyl (C=O) groups is 1. The van der Waals surface area contributed by atoms with Crippen LogP contribution in [0.5, 0.6) is 0 Å². The summed E-state index contributed by atoms with van der Waals surface area (Å²) in [4.78, 5) is 12.9. The van der Waals surface area contributed by atoms with Crippen LogP contribution in [-0.2, 0) is 19.1 Å². The first kappa shape index (κ1) is 18.7. The second-order valence-corrected chi connectivity index (χ2v) is 9.82. The standard InChI is InChI=1S/C18H22INO4S/c1-11-9-13(19)10-12(2)14(11)15-16(24-25(3,22)23)18(20-17(15)21)7-5-4-6-8-18/h9-10H,4-8H2,1-3H3,(H,20,21). The normalized spacial score (nSPS) is 20.1. The first-order chi connectivity index (χ1) is 11.6. The van der Waals surface area contributed by atoms with Crippen LogP contribution in [0.4, 0.5) is 0 Å². The van der Waals surface area contributed by atoms with Crippen molar-refractivity contribution in [1.29, 1.82) is 0 Å². The van der Waals surface area contributed by atoms with Gasteiger partial charge < -0.3 is 9.50 Å². The smallest absolute Gasteiger partial charge is 0.306 e. The predicted molar refractivity (Wildman–Crippen MR) is 105 cm³/mol. The largest absolute Gasteiger partial charge is 0.384 e. The van der Waals surface area contributed by atoms with Crippen LogP contribution in [-0.4, -0.2) is 26.1 Å². The zero-order chi connectivity index (χ0) is 18.4. The van der Waals surface area contributed by atoms with Gasteiger partial charge in [0, 0.05) is 3.57 Å². The van der Waals surface area contributed by atoms with Crippen molar-refractivity contribution in [3.63, 3.8) is 0 Å². The van der Waals surface area contributed by atoms with E-state index in [9.17, 15) is 13.2 Å². The molecule has 0 aromatic heterocycles. The maximum atomic E-state index is 12.9. The molecule has 1 aromatic carbocycles. The fraction of sp³-hybridized carbons (Fsp3) is 0.500. The van der Waals surface area contributed by atoms with Crippen LogP contribution in [0.2, 0.25) is 0 Å². The fourth-order valence-corrected chi connectivity index (χ4v) is 5.47. The minimum Gasteiger partial charge on any atom is -0.384 e. The van der Waals surface area contributed by atoms with E-state index in [4.69, 9.17) is 4.18 Å². The quantitative estimate of drug-likeness (QED) is 0.537. The van der Waals surface area contributed by atoms with E-state index in [0.29, 0.717) is 18.4 Å². The Labute approximate surface area is 162 Å². The Hall–Kier alpha value is -1.09. The lowest BCUT2D eigenvalue weighted by atomic mass is 9.80. The summed E-state index contributed by atoms with van der Waals surface area (Å²) in [7, 11) is -3.73. The summed E-state index contributed by atoms with van der Waals surface area (Å²) in [5.74, 6) is 0.0417. The average molecular weight is 475 g/mol. The minimum absolute atomic E-state index is 0.243. The van der Waals surface area contributed by atoms with Crippen LogP contribution in [0, 0.1) is 17.4 Å². The summed E-state index contributed by atoms with van der Waals surface area (Å²) in [5, 5.41) is 3.06. The van der Waals surface area contributed by atoms with Crippen molar-refractivity contribution in [2.75, 3.05) is 6.26 Å². The molecule has 0 bridgehead atoms. The lowest BCUT2D eigenvalue weighted by Crippen LogP contribution is -2.46. The molecule has 1 saturated carbocycles. The van der Waals surface area contributed by atoms with Crippen molar-refractivity contribution < 1.29 is 17.4 Å². The van der Waals surface area contributed by atoms with E-state index in [0.717, 1.165) is 45.8 Å². The van der Waals surface area contributed by atoms with Gasteiger partial charge in [-0.25, -0.2) is 0 Å². The van der Waals surface area contributed by atoms with E-state index >= 15 is 0 Å². The third kappa shape index (κ3) is 3.58. The summed E-state index contributed by atoms with van der Waals surface area (Å²) >= 11 is 2.24. The molecule has 1 aliphatic heterocycles. The molecule has 1 aromatic rings. The van der Waals surface area contributed by atoms with E-state index in [1.54, 1.807) is 0 Å². The first-order valence-electron chi connectivity index (χ1n) is 8.37. The number of amides is 1. The molecule has 0 unspecified atom stereocenters. The zero-order valence-electron chi connectivity index (χ0n) is 14.6. The number of halogens is 1. The molecule has 7 heteroatoms. The van der Waals surface area contributed by atoms with Gasteiger partial charge in [-0.3, -0.25) is 4.79 Å². The number of benzene rings is 1. The number of carbonyl (C=O) groups excluding carboxylic acids is 1. The second-order valence-electron chi connectivity index (χ2n) is 7.00. The third-order valence-electron chi connectivity index (χ3n) is 4.93. The van der Waals surface area contributed by atoms with Crippen LogP contribution >= 0.6 is 22.6 Å². The summed E-state index contributed by atoms with van der Waals surface area (Å²) < 4.78 is 30.4. The Morgan fingerprint density at radius 1 is 1.12 bits per heavy atom. The van der Waals surface area contributed by atoms with Gasteiger partial charge >= 0.3 is 10.1 Å². The summed E-state index contributed by atoms with van der Waals surface area (Å²) in [5.41, 5.74) is 2.34. The maximum absolute atomic E-state index is 12.9. The van der Waals surface area contributed by atoms with Crippen LogP contribution < -0.4 is 5.32 Å². The van der Waals surface area contributed by atoms with Gasteiger partial charge in [0.25, 0.3) is 5.91 Å². The Bertz CT molecular complexity index is 844. The molecule has 1 heterocycles. The van der Waals surface area contributed by atoms with Gasteiger partial charge in [-0.05, 0) is 78.1 Å². The number of aryl methyl sites for hydroxylation is 2. The highest BCUT2D eigenvalue weighted by Gasteiger charge is 2.49. The summed E-state index contributed by atoms with van der Waals surface area (Å²) in [6, 6.07) is 3.99. The van der Waals surface area contributed by atoms with Gasteiger partial charge in [-0.15, -0.1) is 0 Å². The van der Waals surface area contributed by atoms with Gasteiger partial charge in [0.1, 0.15) is 5.54 Å². The number of rotatable bonds is 3. The Morgan fingerprint density at radius 2 is 1.68 bits per heavy atom. The average Bonchev–Trinajstić information content (AvgIpc) is 2.70. The molecule has 5 nitrogen and oxygen atoms in total. The van der Waals surface area contributed by atoms with Crippen molar-refractivity contribution in [3.8, 4) is 0 Å². The molecule has 2 aliphatic rings. The molecule has 136 valence electrons. The maximum Gasteiger partial charge on any atom is 0.306 e. The Kier molecular flexibility index (Phi) is 4.91. The molecule has 25 heavy (non-hydrogen) atoms.